The molecule has 2 atom stereocenters. The zero-order chi connectivity index (χ0) is 21.3. The predicted octanol–water partition coefficient (Wildman–Crippen LogP) is 2.58. The van der Waals surface area contributed by atoms with Gasteiger partial charge in [-0.25, -0.2) is 4.39 Å². The van der Waals surface area contributed by atoms with Crippen LogP contribution in [0, 0.1) is 5.82 Å². The fourth-order valence-electron chi connectivity index (χ4n) is 3.19. The molecule has 2 unspecified atom stereocenters. The van der Waals surface area contributed by atoms with Gasteiger partial charge in [0.2, 0.25) is 11.8 Å². The van der Waals surface area contributed by atoms with Crippen molar-refractivity contribution in [2.75, 3.05) is 13.7 Å². The molecule has 2 aromatic carbocycles. The Kier molecular flexibility index (Phi) is 8.10. The standard InChI is InChI=1S/C22H26FN3O3S/c1-29-19-4-2-3-15(11-19)9-10-24-20(27)12-18-13-21(28)26-22(25-18)30-14-16-5-7-17(23)8-6-16/h2-8,11,18,22,25H,9-10,12-14H2,1H3,(H,24,27)(H,26,28). The lowest BCUT2D eigenvalue weighted by molar-refractivity contribution is -0.125. The molecule has 1 heterocycles. The second-order valence-electron chi connectivity index (χ2n) is 7.11. The molecule has 8 heteroatoms. The van der Waals surface area contributed by atoms with Gasteiger partial charge < -0.3 is 15.4 Å². The fourth-order valence-corrected chi connectivity index (χ4v) is 4.25. The van der Waals surface area contributed by atoms with Crippen LogP contribution in [-0.2, 0) is 21.8 Å². The Balaban J connectivity index is 1.41. The Labute approximate surface area is 180 Å². The molecular formula is C22H26FN3O3S. The van der Waals surface area contributed by atoms with Gasteiger partial charge in [-0.05, 0) is 41.8 Å². The van der Waals surface area contributed by atoms with Gasteiger partial charge >= 0.3 is 0 Å². The molecule has 1 aliphatic rings. The Bertz CT molecular complexity index is 863. The highest BCUT2D eigenvalue weighted by molar-refractivity contribution is 7.99. The number of amides is 2. The van der Waals surface area contributed by atoms with E-state index in [1.807, 2.05) is 24.3 Å². The zero-order valence-corrected chi connectivity index (χ0v) is 17.6. The minimum atomic E-state index is -0.286. The van der Waals surface area contributed by atoms with E-state index in [4.69, 9.17) is 4.74 Å². The number of ether oxygens (including phenoxy) is 1. The van der Waals surface area contributed by atoms with E-state index in [9.17, 15) is 14.0 Å². The van der Waals surface area contributed by atoms with Crippen LogP contribution >= 0.6 is 11.8 Å². The first-order valence-electron chi connectivity index (χ1n) is 9.83. The normalized spacial score (nSPS) is 18.5. The molecule has 0 aliphatic carbocycles. The number of methoxy groups -OCH3 is 1. The maximum Gasteiger partial charge on any atom is 0.223 e. The fraction of sp³-hybridized carbons (Fsp3) is 0.364. The van der Waals surface area contributed by atoms with Gasteiger partial charge in [0, 0.05) is 31.2 Å². The second kappa shape index (κ2) is 11.0. The molecule has 3 N–H and O–H groups in total. The molecule has 1 aliphatic heterocycles. The maximum atomic E-state index is 13.0. The van der Waals surface area contributed by atoms with Crippen molar-refractivity contribution in [1.82, 2.24) is 16.0 Å². The monoisotopic (exact) mass is 431 g/mol. The molecule has 0 bridgehead atoms. The lowest BCUT2D eigenvalue weighted by Gasteiger charge is -2.31. The van der Waals surface area contributed by atoms with Crippen molar-refractivity contribution in [3.63, 3.8) is 0 Å². The van der Waals surface area contributed by atoms with Gasteiger partial charge in [-0.15, -0.1) is 11.8 Å². The molecule has 0 spiro atoms. The average Bonchev–Trinajstić information content (AvgIpc) is 2.73. The van der Waals surface area contributed by atoms with E-state index in [0.717, 1.165) is 16.9 Å². The molecule has 1 fully saturated rings. The third-order valence-corrected chi connectivity index (χ3v) is 5.83. The van der Waals surface area contributed by atoms with Crippen molar-refractivity contribution in [2.24, 2.45) is 0 Å². The number of thioether (sulfide) groups is 1. The summed E-state index contributed by atoms with van der Waals surface area (Å²) in [5.74, 6) is 0.968. The smallest absolute Gasteiger partial charge is 0.223 e. The largest absolute Gasteiger partial charge is 0.497 e. The van der Waals surface area contributed by atoms with Crippen LogP contribution in [0.15, 0.2) is 48.5 Å². The molecule has 30 heavy (non-hydrogen) atoms. The highest BCUT2D eigenvalue weighted by Crippen LogP contribution is 2.19. The van der Waals surface area contributed by atoms with Crippen LogP contribution in [0.4, 0.5) is 4.39 Å². The maximum absolute atomic E-state index is 13.0. The number of nitrogens with one attached hydrogen (secondary N) is 3. The predicted molar refractivity (Wildman–Crippen MR) is 115 cm³/mol. The minimum Gasteiger partial charge on any atom is -0.497 e. The van der Waals surface area contributed by atoms with Crippen LogP contribution in [0.25, 0.3) is 0 Å². The quantitative estimate of drug-likeness (QED) is 0.569. The summed E-state index contributed by atoms with van der Waals surface area (Å²) in [6.45, 7) is 0.521. The zero-order valence-electron chi connectivity index (χ0n) is 16.8. The average molecular weight is 432 g/mol. The van der Waals surface area contributed by atoms with E-state index in [1.54, 1.807) is 19.2 Å². The van der Waals surface area contributed by atoms with Crippen LogP contribution in [0.2, 0.25) is 0 Å². The summed E-state index contributed by atoms with van der Waals surface area (Å²) >= 11 is 1.50. The van der Waals surface area contributed by atoms with E-state index in [-0.39, 0.29) is 42.0 Å². The summed E-state index contributed by atoms with van der Waals surface area (Å²) < 4.78 is 18.2. The van der Waals surface area contributed by atoms with E-state index >= 15 is 0 Å². The number of rotatable bonds is 9. The SMILES string of the molecule is COc1cccc(CCNC(=O)CC2CC(=O)NC(SCc3ccc(F)cc3)N2)c1. The highest BCUT2D eigenvalue weighted by Gasteiger charge is 2.27. The van der Waals surface area contributed by atoms with E-state index in [1.165, 1.54) is 23.9 Å². The third kappa shape index (κ3) is 7.03. The minimum absolute atomic E-state index is 0.0838. The van der Waals surface area contributed by atoms with Crippen LogP contribution in [-0.4, -0.2) is 37.0 Å². The van der Waals surface area contributed by atoms with Crippen molar-refractivity contribution in [2.45, 2.75) is 36.6 Å². The summed E-state index contributed by atoms with van der Waals surface area (Å²) in [5.41, 5.74) is 1.77. The van der Waals surface area contributed by atoms with Gasteiger partial charge in [0.05, 0.1) is 7.11 Å². The van der Waals surface area contributed by atoms with E-state index in [0.29, 0.717) is 18.7 Å². The highest BCUT2D eigenvalue weighted by atomic mass is 32.2. The Morgan fingerprint density at radius 1 is 1.23 bits per heavy atom. The number of benzene rings is 2. The van der Waals surface area contributed by atoms with E-state index in [2.05, 4.69) is 16.0 Å². The number of carbonyl (C=O) groups excluding carboxylic acids is 2. The van der Waals surface area contributed by atoms with Crippen molar-refractivity contribution < 1.29 is 18.7 Å². The number of carbonyl (C=O) groups is 2. The van der Waals surface area contributed by atoms with Crippen LogP contribution in [0.3, 0.4) is 0 Å². The van der Waals surface area contributed by atoms with Crippen molar-refractivity contribution in [1.29, 1.82) is 0 Å². The Hall–Kier alpha value is -2.58. The molecule has 3 rings (SSSR count). The molecule has 160 valence electrons. The first-order valence-corrected chi connectivity index (χ1v) is 10.9. The van der Waals surface area contributed by atoms with Gasteiger partial charge in [-0.3, -0.25) is 14.9 Å². The van der Waals surface area contributed by atoms with Crippen LogP contribution in [0.5, 0.6) is 5.75 Å². The molecule has 0 radical (unpaired) electrons. The molecule has 1 saturated heterocycles. The van der Waals surface area contributed by atoms with Gasteiger partial charge in [-0.1, -0.05) is 24.3 Å². The lowest BCUT2D eigenvalue weighted by Crippen LogP contribution is -2.55. The first-order chi connectivity index (χ1) is 14.5. The van der Waals surface area contributed by atoms with Crippen molar-refractivity contribution in [3.05, 3.63) is 65.5 Å². The lowest BCUT2D eigenvalue weighted by atomic mass is 10.1. The molecule has 0 saturated carbocycles. The number of hydrogen-bond acceptors (Lipinski definition) is 5. The summed E-state index contributed by atoms with van der Waals surface area (Å²) in [6.07, 6.45) is 1.20. The second-order valence-corrected chi connectivity index (χ2v) is 8.20. The van der Waals surface area contributed by atoms with Crippen LogP contribution < -0.4 is 20.7 Å². The first kappa shape index (κ1) is 22.1. The third-order valence-electron chi connectivity index (χ3n) is 4.74. The van der Waals surface area contributed by atoms with Gasteiger partial charge in [0.1, 0.15) is 17.1 Å². The molecule has 0 aromatic heterocycles. The van der Waals surface area contributed by atoms with Gasteiger partial charge in [0.25, 0.3) is 0 Å². The molecule has 6 nitrogen and oxygen atoms in total. The van der Waals surface area contributed by atoms with Crippen LogP contribution in [0.1, 0.15) is 24.0 Å². The summed E-state index contributed by atoms with van der Waals surface area (Å²) in [7, 11) is 1.62. The Morgan fingerprint density at radius 2 is 2.03 bits per heavy atom. The Morgan fingerprint density at radius 3 is 2.80 bits per heavy atom. The number of hydrogen-bond donors (Lipinski definition) is 3. The topological polar surface area (TPSA) is 79.5 Å². The van der Waals surface area contributed by atoms with E-state index < -0.39 is 0 Å². The molecule has 2 amide bonds. The molecular weight excluding hydrogens is 405 g/mol. The summed E-state index contributed by atoms with van der Waals surface area (Å²) in [4.78, 5) is 24.3. The molecule has 2 aromatic rings. The van der Waals surface area contributed by atoms with Gasteiger partial charge in [0.15, 0.2) is 0 Å². The van der Waals surface area contributed by atoms with Gasteiger partial charge in [-0.2, -0.15) is 0 Å². The summed E-state index contributed by atoms with van der Waals surface area (Å²) in [6, 6.07) is 13.8. The summed E-state index contributed by atoms with van der Waals surface area (Å²) in [5, 5.41) is 9.09. The van der Waals surface area contributed by atoms with Crippen molar-refractivity contribution >= 4 is 23.6 Å². The van der Waals surface area contributed by atoms with Crippen molar-refractivity contribution in [3.8, 4) is 5.75 Å². The number of halogens is 1.